The summed E-state index contributed by atoms with van der Waals surface area (Å²) in [6.07, 6.45) is 2.69. The Bertz CT molecular complexity index is 480. The van der Waals surface area contributed by atoms with E-state index in [1.807, 2.05) is 29.2 Å². The van der Waals surface area contributed by atoms with Crippen LogP contribution in [0.3, 0.4) is 0 Å². The monoisotopic (exact) mass is 287 g/mol. The number of aliphatic hydroxyl groups excluding tert-OH is 1. The molecule has 2 rings (SSSR count). The Morgan fingerprint density at radius 2 is 2.33 bits per heavy atom. The predicted molar refractivity (Wildman–Crippen MR) is 82.4 cm³/mol. The third kappa shape index (κ3) is 4.24. The second kappa shape index (κ2) is 7.50. The van der Waals surface area contributed by atoms with Gasteiger partial charge in [0.05, 0.1) is 15.0 Å². The zero-order valence-electron chi connectivity index (χ0n) is 12.5. The van der Waals surface area contributed by atoms with Crippen molar-refractivity contribution in [1.29, 1.82) is 0 Å². The van der Waals surface area contributed by atoms with Gasteiger partial charge in [0.25, 0.3) is 0 Å². The smallest absolute Gasteiger partial charge is 0.223 e. The fraction of sp³-hybridized carbons (Fsp3) is 0.562. The van der Waals surface area contributed by atoms with Gasteiger partial charge in [-0.3, -0.25) is 4.79 Å². The highest BCUT2D eigenvalue weighted by molar-refractivity contribution is 6.08. The molecule has 1 aromatic rings. The van der Waals surface area contributed by atoms with Crippen molar-refractivity contribution in [3.05, 3.63) is 29.8 Å². The molecule has 1 aliphatic heterocycles. The van der Waals surface area contributed by atoms with Gasteiger partial charge in [0.1, 0.15) is 5.75 Å². The van der Waals surface area contributed by atoms with Gasteiger partial charge in [-0.1, -0.05) is 18.5 Å². The highest BCUT2D eigenvalue weighted by Gasteiger charge is 2.30. The van der Waals surface area contributed by atoms with Gasteiger partial charge in [0, 0.05) is 25.1 Å². The van der Waals surface area contributed by atoms with Crippen molar-refractivity contribution < 1.29 is 14.6 Å². The fourth-order valence-electron chi connectivity index (χ4n) is 2.78. The molecule has 5 heteroatoms. The molecule has 0 bridgehead atoms. The van der Waals surface area contributed by atoms with E-state index < -0.39 is 6.10 Å². The average Bonchev–Trinajstić information content (AvgIpc) is 2.85. The number of carbonyl (C=O) groups is 1. The maximum absolute atomic E-state index is 12.1. The number of nitrogens with zero attached hydrogens (tertiary/aromatic N) is 1. The van der Waals surface area contributed by atoms with Gasteiger partial charge in [0.15, 0.2) is 0 Å². The molecule has 112 valence electrons. The van der Waals surface area contributed by atoms with Crippen LogP contribution in [0.2, 0.25) is 6.32 Å². The molecule has 2 unspecified atom stereocenters. The Labute approximate surface area is 127 Å². The first-order valence-corrected chi connectivity index (χ1v) is 7.44. The number of rotatable bonds is 7. The summed E-state index contributed by atoms with van der Waals surface area (Å²) in [5.41, 5.74) is 1.06. The van der Waals surface area contributed by atoms with Crippen LogP contribution in [0.4, 0.5) is 0 Å². The largest absolute Gasteiger partial charge is 0.497 e. The Hall–Kier alpha value is -1.49. The molecule has 2 radical (unpaired) electrons. The predicted octanol–water partition coefficient (Wildman–Crippen LogP) is 1.91. The summed E-state index contributed by atoms with van der Waals surface area (Å²) in [5, 5.41) is 9.58. The molecule has 1 amide bonds. The molecule has 1 fully saturated rings. The molecule has 0 aliphatic carbocycles. The van der Waals surface area contributed by atoms with Crippen LogP contribution in [0.25, 0.3) is 0 Å². The second-order valence-corrected chi connectivity index (χ2v) is 5.53. The number of carbonyl (C=O) groups excluding carboxylic acids is 1. The lowest BCUT2D eigenvalue weighted by molar-refractivity contribution is -0.129. The van der Waals surface area contributed by atoms with Crippen LogP contribution in [0.15, 0.2) is 24.3 Å². The van der Waals surface area contributed by atoms with E-state index in [-0.39, 0.29) is 18.3 Å². The van der Waals surface area contributed by atoms with Crippen molar-refractivity contribution in [1.82, 2.24) is 4.90 Å². The van der Waals surface area contributed by atoms with Crippen LogP contribution < -0.4 is 4.74 Å². The van der Waals surface area contributed by atoms with Crippen molar-refractivity contribution in [2.45, 2.75) is 50.7 Å². The molecule has 2 atom stereocenters. The van der Waals surface area contributed by atoms with E-state index in [2.05, 4.69) is 0 Å². The number of aliphatic hydroxyl groups is 1. The van der Waals surface area contributed by atoms with Crippen LogP contribution in [-0.2, 0) is 11.3 Å². The Morgan fingerprint density at radius 3 is 3.05 bits per heavy atom. The summed E-state index contributed by atoms with van der Waals surface area (Å²) in [6.45, 7) is 0.597. The summed E-state index contributed by atoms with van der Waals surface area (Å²) < 4.78 is 5.22. The molecule has 1 aromatic carbocycles. The molecule has 1 saturated heterocycles. The van der Waals surface area contributed by atoms with Crippen LogP contribution in [0, 0.1) is 0 Å². The van der Waals surface area contributed by atoms with Crippen LogP contribution in [-0.4, -0.2) is 43.0 Å². The molecule has 1 N–H and O–H groups in total. The maximum atomic E-state index is 12.1. The third-order valence-corrected chi connectivity index (χ3v) is 4.04. The highest BCUT2D eigenvalue weighted by Crippen LogP contribution is 2.26. The van der Waals surface area contributed by atoms with Gasteiger partial charge < -0.3 is 14.7 Å². The lowest BCUT2D eigenvalue weighted by Gasteiger charge is -2.26. The number of likely N-dealkylation sites (tertiary alicyclic amines) is 1. The van der Waals surface area contributed by atoms with Gasteiger partial charge in [-0.05, 0) is 37.0 Å². The number of hydrogen-bond acceptors (Lipinski definition) is 3. The zero-order valence-corrected chi connectivity index (χ0v) is 12.5. The van der Waals surface area contributed by atoms with E-state index in [4.69, 9.17) is 12.6 Å². The third-order valence-electron chi connectivity index (χ3n) is 4.04. The van der Waals surface area contributed by atoms with Gasteiger partial charge in [-0.15, -0.1) is 0 Å². The zero-order chi connectivity index (χ0) is 15.2. The summed E-state index contributed by atoms with van der Waals surface area (Å²) >= 11 is 0. The molecule has 0 spiro atoms. The van der Waals surface area contributed by atoms with Crippen molar-refractivity contribution in [3.8, 4) is 5.75 Å². The van der Waals surface area contributed by atoms with E-state index in [1.54, 1.807) is 7.11 Å². The van der Waals surface area contributed by atoms with Crippen molar-refractivity contribution in [2.24, 2.45) is 0 Å². The molecule has 4 nitrogen and oxygen atoms in total. The minimum absolute atomic E-state index is 0.185. The fourth-order valence-corrected chi connectivity index (χ4v) is 2.78. The lowest BCUT2D eigenvalue weighted by atomic mass is 9.94. The van der Waals surface area contributed by atoms with E-state index in [0.717, 1.165) is 24.2 Å². The van der Waals surface area contributed by atoms with E-state index in [0.29, 0.717) is 19.4 Å². The molecular weight excluding hydrogens is 265 g/mol. The van der Waals surface area contributed by atoms with Crippen molar-refractivity contribution >= 4 is 13.8 Å². The number of benzene rings is 1. The minimum atomic E-state index is -0.473. The van der Waals surface area contributed by atoms with Crippen LogP contribution in [0.5, 0.6) is 5.75 Å². The van der Waals surface area contributed by atoms with Crippen molar-refractivity contribution in [3.63, 3.8) is 0 Å². The van der Waals surface area contributed by atoms with E-state index >= 15 is 0 Å². The lowest BCUT2D eigenvalue weighted by Crippen LogP contribution is -2.33. The Balaban J connectivity index is 1.99. The van der Waals surface area contributed by atoms with Gasteiger partial charge in [-0.2, -0.15) is 0 Å². The van der Waals surface area contributed by atoms with E-state index in [9.17, 15) is 9.90 Å². The molecule has 0 aromatic heterocycles. The quantitative estimate of drug-likeness (QED) is 0.779. The summed E-state index contributed by atoms with van der Waals surface area (Å²) in [6, 6.07) is 7.98. The minimum Gasteiger partial charge on any atom is -0.497 e. The molecule has 1 heterocycles. The van der Waals surface area contributed by atoms with Crippen LogP contribution >= 0.6 is 0 Å². The first-order valence-electron chi connectivity index (χ1n) is 7.44. The number of methoxy groups -OCH3 is 1. The van der Waals surface area contributed by atoms with Crippen LogP contribution in [0.1, 0.15) is 31.2 Å². The van der Waals surface area contributed by atoms with Gasteiger partial charge in [-0.25, -0.2) is 0 Å². The first-order chi connectivity index (χ1) is 10.1. The van der Waals surface area contributed by atoms with E-state index in [1.165, 1.54) is 0 Å². The number of amides is 1. The molecule has 21 heavy (non-hydrogen) atoms. The van der Waals surface area contributed by atoms with Gasteiger partial charge in [0.2, 0.25) is 5.91 Å². The van der Waals surface area contributed by atoms with Crippen molar-refractivity contribution in [2.75, 3.05) is 7.11 Å². The standard InChI is InChI=1S/C16H22BNO3/c1-21-15-4-2-3-12(9-15)11-18-13(6-8-16(18)20)5-7-14(19)10-17/h2-4,9,13-14,19H,5-8,10-11H2,1H3. The topological polar surface area (TPSA) is 49.8 Å². The number of hydrogen-bond donors (Lipinski definition) is 1. The number of ether oxygens (including phenoxy) is 1. The van der Waals surface area contributed by atoms with Gasteiger partial charge >= 0.3 is 0 Å². The second-order valence-electron chi connectivity index (χ2n) is 5.53. The summed E-state index contributed by atoms with van der Waals surface area (Å²) in [4.78, 5) is 14.0. The average molecular weight is 287 g/mol. The maximum Gasteiger partial charge on any atom is 0.223 e. The first kappa shape index (κ1) is 15.9. The SMILES string of the molecule is [B]CC(O)CCC1CCC(=O)N1Cc1cccc(OC)c1. The molecule has 0 saturated carbocycles. The summed E-state index contributed by atoms with van der Waals surface area (Å²) in [7, 11) is 7.07. The Morgan fingerprint density at radius 1 is 1.52 bits per heavy atom. The normalized spacial score (nSPS) is 19.8. The molecule has 1 aliphatic rings. The Kier molecular flexibility index (Phi) is 5.68. The highest BCUT2D eigenvalue weighted by atomic mass is 16.5. The summed E-state index contributed by atoms with van der Waals surface area (Å²) in [5.74, 6) is 0.985. The molecular formula is C16H22BNO3.